The Morgan fingerprint density at radius 1 is 1.59 bits per heavy atom. The normalized spacial score (nSPS) is 12.2. The summed E-state index contributed by atoms with van der Waals surface area (Å²) < 4.78 is 0.810. The number of amides is 1. The minimum Gasteiger partial charge on any atom is -0.398 e. The van der Waals surface area contributed by atoms with E-state index in [2.05, 4.69) is 34.4 Å². The lowest BCUT2D eigenvalue weighted by molar-refractivity contribution is 0.0949. The van der Waals surface area contributed by atoms with Crippen LogP contribution >= 0.6 is 27.7 Å². The van der Waals surface area contributed by atoms with E-state index in [0.717, 1.165) is 10.2 Å². The lowest BCUT2D eigenvalue weighted by Gasteiger charge is -2.11. The van der Waals surface area contributed by atoms with Gasteiger partial charge in [-0.15, -0.1) is 0 Å². The van der Waals surface area contributed by atoms with E-state index < -0.39 is 0 Å². The molecule has 1 atom stereocenters. The fourth-order valence-corrected chi connectivity index (χ4v) is 2.33. The third kappa shape index (κ3) is 4.60. The molecule has 5 heteroatoms. The minimum absolute atomic E-state index is 0.0721. The van der Waals surface area contributed by atoms with Crippen LogP contribution < -0.4 is 11.1 Å². The zero-order valence-corrected chi connectivity index (χ0v) is 12.4. The van der Waals surface area contributed by atoms with Crippen molar-refractivity contribution in [3.8, 4) is 0 Å². The molecule has 3 nitrogen and oxygen atoms in total. The summed E-state index contributed by atoms with van der Waals surface area (Å²) in [6.07, 6.45) is 2.06. The Morgan fingerprint density at radius 2 is 2.29 bits per heavy atom. The van der Waals surface area contributed by atoms with Crippen LogP contribution in [0.4, 0.5) is 5.69 Å². The summed E-state index contributed by atoms with van der Waals surface area (Å²) in [4.78, 5) is 11.8. The fourth-order valence-electron chi connectivity index (χ4n) is 1.40. The maximum absolute atomic E-state index is 11.8. The summed E-state index contributed by atoms with van der Waals surface area (Å²) in [6, 6.07) is 5.23. The lowest BCUT2D eigenvalue weighted by Crippen LogP contribution is -2.29. The summed E-state index contributed by atoms with van der Waals surface area (Å²) in [5.41, 5.74) is 6.91. The number of nitrogens with two attached hydrogens (primary N) is 1. The number of benzene rings is 1. The molecule has 0 radical (unpaired) electrons. The van der Waals surface area contributed by atoms with E-state index in [9.17, 15) is 4.79 Å². The van der Waals surface area contributed by atoms with Gasteiger partial charge in [0.05, 0.1) is 0 Å². The summed E-state index contributed by atoms with van der Waals surface area (Å²) in [6.45, 7) is 2.81. The average Bonchev–Trinajstić information content (AvgIpc) is 2.30. The number of carbonyl (C=O) groups excluding carboxylic acids is 1. The first-order valence-corrected chi connectivity index (χ1v) is 7.55. The second-order valence-electron chi connectivity index (χ2n) is 4.01. The zero-order valence-electron chi connectivity index (χ0n) is 10.00. The molecule has 0 spiro atoms. The number of carbonyl (C=O) groups is 1. The van der Waals surface area contributed by atoms with Crippen molar-refractivity contribution < 1.29 is 4.79 Å². The van der Waals surface area contributed by atoms with E-state index in [1.165, 1.54) is 0 Å². The van der Waals surface area contributed by atoms with Crippen molar-refractivity contribution in [1.29, 1.82) is 0 Å². The van der Waals surface area contributed by atoms with Crippen molar-refractivity contribution in [3.63, 3.8) is 0 Å². The van der Waals surface area contributed by atoms with Crippen molar-refractivity contribution in [2.75, 3.05) is 24.3 Å². The molecule has 3 N–H and O–H groups in total. The summed E-state index contributed by atoms with van der Waals surface area (Å²) in [5, 5.41) is 2.91. The highest BCUT2D eigenvalue weighted by atomic mass is 79.9. The van der Waals surface area contributed by atoms with Crippen LogP contribution in [0.1, 0.15) is 17.3 Å². The highest BCUT2D eigenvalue weighted by Crippen LogP contribution is 2.20. The summed E-state index contributed by atoms with van der Waals surface area (Å²) in [7, 11) is 0. The second kappa shape index (κ2) is 6.91. The van der Waals surface area contributed by atoms with E-state index >= 15 is 0 Å². The molecule has 1 aromatic carbocycles. The van der Waals surface area contributed by atoms with Gasteiger partial charge in [-0.1, -0.05) is 6.92 Å². The molecule has 0 fully saturated rings. The van der Waals surface area contributed by atoms with Gasteiger partial charge in [-0.05, 0) is 52.1 Å². The first-order chi connectivity index (χ1) is 8.04. The van der Waals surface area contributed by atoms with E-state index in [-0.39, 0.29) is 5.91 Å². The van der Waals surface area contributed by atoms with Gasteiger partial charge >= 0.3 is 0 Å². The molecule has 0 aliphatic heterocycles. The summed E-state index contributed by atoms with van der Waals surface area (Å²) in [5.74, 6) is 1.45. The number of rotatable bonds is 5. The van der Waals surface area contributed by atoms with Crippen LogP contribution in [0.3, 0.4) is 0 Å². The van der Waals surface area contributed by atoms with Crippen LogP contribution in [0.5, 0.6) is 0 Å². The maximum Gasteiger partial charge on any atom is 0.251 e. The Kier molecular flexibility index (Phi) is 5.85. The van der Waals surface area contributed by atoms with Crippen LogP contribution in [0.2, 0.25) is 0 Å². The molecule has 1 aromatic rings. The van der Waals surface area contributed by atoms with E-state index in [4.69, 9.17) is 5.73 Å². The van der Waals surface area contributed by atoms with Crippen LogP contribution in [0, 0.1) is 5.92 Å². The second-order valence-corrected chi connectivity index (χ2v) is 5.77. The SMILES string of the molecule is CSCC(C)CNC(=O)c1ccc(Br)c(N)c1. The smallest absolute Gasteiger partial charge is 0.251 e. The number of nitrogens with one attached hydrogen (secondary N) is 1. The molecule has 0 heterocycles. The molecule has 94 valence electrons. The summed E-state index contributed by atoms with van der Waals surface area (Å²) >= 11 is 5.09. The van der Waals surface area contributed by atoms with Gasteiger partial charge in [-0.25, -0.2) is 0 Å². The van der Waals surface area contributed by atoms with Gasteiger partial charge in [0.1, 0.15) is 0 Å². The number of hydrogen-bond acceptors (Lipinski definition) is 3. The lowest BCUT2D eigenvalue weighted by atomic mass is 10.1. The maximum atomic E-state index is 11.8. The van der Waals surface area contributed by atoms with Gasteiger partial charge in [0.25, 0.3) is 5.91 Å². The van der Waals surface area contributed by atoms with Crippen molar-refractivity contribution in [2.24, 2.45) is 5.92 Å². The van der Waals surface area contributed by atoms with Crippen LogP contribution in [-0.4, -0.2) is 24.5 Å². The van der Waals surface area contributed by atoms with Crippen molar-refractivity contribution in [2.45, 2.75) is 6.92 Å². The number of halogens is 1. The Labute approximate surface area is 115 Å². The van der Waals surface area contributed by atoms with Gasteiger partial charge < -0.3 is 11.1 Å². The van der Waals surface area contributed by atoms with Crippen molar-refractivity contribution in [3.05, 3.63) is 28.2 Å². The van der Waals surface area contributed by atoms with Crippen LogP contribution in [0.15, 0.2) is 22.7 Å². The Bertz CT molecular complexity index is 398. The first kappa shape index (κ1) is 14.4. The molecule has 0 aliphatic carbocycles. The molecule has 1 amide bonds. The van der Waals surface area contributed by atoms with Gasteiger partial charge in [0, 0.05) is 22.3 Å². The fraction of sp³-hybridized carbons (Fsp3) is 0.417. The number of hydrogen-bond donors (Lipinski definition) is 2. The van der Waals surface area contributed by atoms with Gasteiger partial charge in [-0.3, -0.25) is 4.79 Å². The average molecular weight is 317 g/mol. The highest BCUT2D eigenvalue weighted by Gasteiger charge is 2.08. The van der Waals surface area contributed by atoms with Gasteiger partial charge in [0.15, 0.2) is 0 Å². The monoisotopic (exact) mass is 316 g/mol. The molecule has 0 saturated heterocycles. The van der Waals surface area contributed by atoms with Crippen molar-refractivity contribution in [1.82, 2.24) is 5.32 Å². The van der Waals surface area contributed by atoms with Crippen molar-refractivity contribution >= 4 is 39.3 Å². The number of anilines is 1. The van der Waals surface area contributed by atoms with Crippen LogP contribution in [0.25, 0.3) is 0 Å². The van der Waals surface area contributed by atoms with E-state index in [1.54, 1.807) is 30.0 Å². The minimum atomic E-state index is -0.0721. The molecule has 0 aromatic heterocycles. The molecular weight excluding hydrogens is 300 g/mol. The predicted octanol–water partition coefficient (Wildman–Crippen LogP) is 2.76. The molecule has 1 rings (SSSR count). The molecule has 1 unspecified atom stereocenters. The zero-order chi connectivity index (χ0) is 12.8. The molecular formula is C12H17BrN2OS. The predicted molar refractivity (Wildman–Crippen MR) is 78.4 cm³/mol. The first-order valence-electron chi connectivity index (χ1n) is 5.36. The Hall–Kier alpha value is -0.680. The highest BCUT2D eigenvalue weighted by molar-refractivity contribution is 9.10. The standard InChI is InChI=1S/C12H17BrN2OS/c1-8(7-17-2)6-15-12(16)9-3-4-10(13)11(14)5-9/h3-5,8H,6-7,14H2,1-2H3,(H,15,16). The molecule has 0 aliphatic rings. The van der Waals surface area contributed by atoms with Gasteiger partial charge in [-0.2, -0.15) is 11.8 Å². The molecule has 0 bridgehead atoms. The number of thioether (sulfide) groups is 1. The Balaban J connectivity index is 2.55. The number of nitrogen functional groups attached to an aromatic ring is 1. The van der Waals surface area contributed by atoms with E-state index in [0.29, 0.717) is 23.7 Å². The molecule has 0 saturated carbocycles. The largest absolute Gasteiger partial charge is 0.398 e. The third-order valence-corrected chi connectivity index (χ3v) is 3.94. The quantitative estimate of drug-likeness (QED) is 0.821. The van der Waals surface area contributed by atoms with Crippen LogP contribution in [-0.2, 0) is 0 Å². The van der Waals surface area contributed by atoms with E-state index in [1.807, 2.05) is 0 Å². The topological polar surface area (TPSA) is 55.1 Å². The Morgan fingerprint density at radius 3 is 2.88 bits per heavy atom. The third-order valence-electron chi connectivity index (χ3n) is 2.32. The van der Waals surface area contributed by atoms with Gasteiger partial charge in [0.2, 0.25) is 0 Å². The molecule has 17 heavy (non-hydrogen) atoms.